The first-order valence-corrected chi connectivity index (χ1v) is 10.9. The van der Waals surface area contributed by atoms with Crippen LogP contribution in [-0.2, 0) is 16.4 Å². The van der Waals surface area contributed by atoms with Gasteiger partial charge in [-0.15, -0.1) is 0 Å². The normalized spacial score (nSPS) is 11.1. The summed E-state index contributed by atoms with van der Waals surface area (Å²) in [4.78, 5) is 16.3. The highest BCUT2D eigenvalue weighted by molar-refractivity contribution is 7.92. The van der Waals surface area contributed by atoms with Crippen LogP contribution in [0.2, 0.25) is 0 Å². The van der Waals surface area contributed by atoms with E-state index in [1.165, 1.54) is 17.7 Å². The fraction of sp³-hybridized carbons (Fsp3) is 0.182. The molecule has 0 bridgehead atoms. The number of hydrogen-bond acceptors (Lipinski definition) is 4. The summed E-state index contributed by atoms with van der Waals surface area (Å²) in [5, 5.41) is 2.72. The molecule has 0 aliphatic carbocycles. The van der Waals surface area contributed by atoms with E-state index in [9.17, 15) is 13.2 Å². The quantitative estimate of drug-likeness (QED) is 0.574. The molecule has 1 heterocycles. The number of carbonyl (C=O) groups excluding carboxylic acids is 1. The number of hydrogen-bond donors (Lipinski definition) is 2. The number of anilines is 2. The Morgan fingerprint density at radius 2 is 1.69 bits per heavy atom. The Hall–Kier alpha value is -3.19. The summed E-state index contributed by atoms with van der Waals surface area (Å²) in [6, 6.07) is 16.6. The molecule has 1 aromatic heterocycles. The van der Waals surface area contributed by atoms with Crippen LogP contribution in [0.1, 0.15) is 35.7 Å². The molecule has 0 spiro atoms. The number of amides is 1. The minimum Gasteiger partial charge on any atom is -0.322 e. The summed E-state index contributed by atoms with van der Waals surface area (Å²) >= 11 is 0. The van der Waals surface area contributed by atoms with Crippen LogP contribution in [0.4, 0.5) is 11.4 Å². The van der Waals surface area contributed by atoms with Gasteiger partial charge >= 0.3 is 0 Å². The van der Waals surface area contributed by atoms with Gasteiger partial charge in [-0.25, -0.2) is 8.42 Å². The van der Waals surface area contributed by atoms with Crippen molar-refractivity contribution in [3.8, 4) is 0 Å². The number of sulfonamides is 1. The lowest BCUT2D eigenvalue weighted by atomic mass is 10.1. The molecule has 0 aliphatic heterocycles. The summed E-state index contributed by atoms with van der Waals surface area (Å²) in [6.07, 6.45) is 6.30. The number of nitrogens with zero attached hydrogens (tertiary/aromatic N) is 1. The summed E-state index contributed by atoms with van der Waals surface area (Å²) in [7, 11) is -3.81. The van der Waals surface area contributed by atoms with Gasteiger partial charge in [-0.05, 0) is 60.9 Å². The fourth-order valence-electron chi connectivity index (χ4n) is 2.78. The highest BCUT2D eigenvalue weighted by Gasteiger charge is 2.17. The molecule has 0 radical (unpaired) electrons. The van der Waals surface area contributed by atoms with Gasteiger partial charge in [0.05, 0.1) is 4.90 Å². The molecule has 0 aliphatic rings. The van der Waals surface area contributed by atoms with Gasteiger partial charge in [0.15, 0.2) is 0 Å². The highest BCUT2D eigenvalue weighted by Crippen LogP contribution is 2.19. The van der Waals surface area contributed by atoms with Crippen LogP contribution in [0, 0.1) is 0 Å². The van der Waals surface area contributed by atoms with Crippen molar-refractivity contribution in [3.63, 3.8) is 0 Å². The van der Waals surface area contributed by atoms with Crippen molar-refractivity contribution in [1.29, 1.82) is 0 Å². The number of rotatable bonds is 8. The maximum atomic E-state index is 12.7. The standard InChI is InChI=1S/C22H23N3O3S/c1-2-3-5-17-8-10-20(11-9-17)25-29(27,28)21-7-4-6-18(16-21)22(26)24-19-12-14-23-15-13-19/h4,6-16,25H,2-3,5H2,1H3,(H,23,24,26). The lowest BCUT2D eigenvalue weighted by Crippen LogP contribution is -2.16. The first kappa shape index (κ1) is 20.5. The van der Waals surface area contributed by atoms with Crippen molar-refractivity contribution in [1.82, 2.24) is 4.98 Å². The van der Waals surface area contributed by atoms with Crippen molar-refractivity contribution in [3.05, 3.63) is 84.2 Å². The van der Waals surface area contributed by atoms with E-state index in [-0.39, 0.29) is 10.5 Å². The van der Waals surface area contributed by atoms with Crippen LogP contribution in [0.5, 0.6) is 0 Å². The molecule has 0 unspecified atom stereocenters. The smallest absolute Gasteiger partial charge is 0.261 e. The zero-order valence-corrected chi connectivity index (χ0v) is 16.9. The van der Waals surface area contributed by atoms with Crippen LogP contribution in [0.25, 0.3) is 0 Å². The van der Waals surface area contributed by atoms with Crippen molar-refractivity contribution in [2.75, 3.05) is 10.0 Å². The third-order valence-electron chi connectivity index (χ3n) is 4.37. The molecule has 3 aromatic rings. The molecule has 2 aromatic carbocycles. The number of carbonyl (C=O) groups is 1. The monoisotopic (exact) mass is 409 g/mol. The summed E-state index contributed by atoms with van der Waals surface area (Å²) in [5.41, 5.74) is 2.49. The maximum Gasteiger partial charge on any atom is 0.261 e. The molecule has 150 valence electrons. The molecule has 0 saturated heterocycles. The predicted molar refractivity (Wildman–Crippen MR) is 114 cm³/mol. The zero-order valence-electron chi connectivity index (χ0n) is 16.1. The molecule has 2 N–H and O–H groups in total. The molecule has 6 nitrogen and oxygen atoms in total. The Morgan fingerprint density at radius 1 is 0.966 bits per heavy atom. The Kier molecular flexibility index (Phi) is 6.61. The van der Waals surface area contributed by atoms with Gasteiger partial charge < -0.3 is 5.32 Å². The van der Waals surface area contributed by atoms with Crippen molar-refractivity contribution in [2.24, 2.45) is 0 Å². The van der Waals surface area contributed by atoms with E-state index in [2.05, 4.69) is 21.9 Å². The fourth-order valence-corrected chi connectivity index (χ4v) is 3.88. The molecule has 0 saturated carbocycles. The first-order chi connectivity index (χ1) is 14.0. The Bertz CT molecular complexity index is 1070. The number of aromatic nitrogens is 1. The van der Waals surface area contributed by atoms with Crippen LogP contribution in [0.15, 0.2) is 78.0 Å². The number of benzene rings is 2. The van der Waals surface area contributed by atoms with E-state index < -0.39 is 15.9 Å². The minimum atomic E-state index is -3.81. The minimum absolute atomic E-state index is 0.0231. The number of nitrogens with one attached hydrogen (secondary N) is 2. The molecule has 0 fully saturated rings. The van der Waals surface area contributed by atoms with E-state index in [1.807, 2.05) is 12.1 Å². The molecule has 29 heavy (non-hydrogen) atoms. The average Bonchev–Trinajstić information content (AvgIpc) is 2.74. The maximum absolute atomic E-state index is 12.7. The van der Waals surface area contributed by atoms with Gasteiger partial charge in [0.25, 0.3) is 15.9 Å². The number of aryl methyl sites for hydroxylation is 1. The lowest BCUT2D eigenvalue weighted by Gasteiger charge is -2.10. The second-order valence-electron chi connectivity index (χ2n) is 6.62. The topological polar surface area (TPSA) is 88.2 Å². The van der Waals surface area contributed by atoms with Gasteiger partial charge in [0.2, 0.25) is 0 Å². The SMILES string of the molecule is CCCCc1ccc(NS(=O)(=O)c2cccc(C(=O)Nc3ccncc3)c2)cc1. The number of unbranched alkanes of at least 4 members (excludes halogenated alkanes) is 1. The Morgan fingerprint density at radius 3 is 2.38 bits per heavy atom. The van der Waals surface area contributed by atoms with Gasteiger partial charge in [-0.2, -0.15) is 0 Å². The van der Waals surface area contributed by atoms with E-state index in [4.69, 9.17) is 0 Å². The summed E-state index contributed by atoms with van der Waals surface area (Å²) in [5.74, 6) is -0.395. The second kappa shape index (κ2) is 9.34. The van der Waals surface area contributed by atoms with E-state index in [1.54, 1.807) is 48.8 Å². The molecule has 1 amide bonds. The van der Waals surface area contributed by atoms with Gasteiger partial charge in [0.1, 0.15) is 0 Å². The largest absolute Gasteiger partial charge is 0.322 e. The third-order valence-corrected chi connectivity index (χ3v) is 5.75. The summed E-state index contributed by atoms with van der Waals surface area (Å²) in [6.45, 7) is 2.13. The average molecular weight is 410 g/mol. The second-order valence-corrected chi connectivity index (χ2v) is 8.31. The third kappa shape index (κ3) is 5.65. The predicted octanol–water partition coefficient (Wildman–Crippen LogP) is 4.48. The van der Waals surface area contributed by atoms with Crippen molar-refractivity contribution in [2.45, 2.75) is 31.1 Å². The number of pyridine rings is 1. The zero-order chi connectivity index (χ0) is 20.7. The Balaban J connectivity index is 1.73. The van der Waals surface area contributed by atoms with Crippen LogP contribution in [0.3, 0.4) is 0 Å². The first-order valence-electron chi connectivity index (χ1n) is 9.41. The summed E-state index contributed by atoms with van der Waals surface area (Å²) < 4.78 is 28.0. The van der Waals surface area contributed by atoms with E-state index in [0.717, 1.165) is 19.3 Å². The van der Waals surface area contributed by atoms with Crippen LogP contribution in [-0.4, -0.2) is 19.3 Å². The van der Waals surface area contributed by atoms with Gasteiger partial charge in [-0.3, -0.25) is 14.5 Å². The molecule has 7 heteroatoms. The van der Waals surface area contributed by atoms with Crippen LogP contribution < -0.4 is 10.0 Å². The molecular weight excluding hydrogens is 386 g/mol. The molecule has 3 rings (SSSR count). The Labute approximate surface area is 171 Å². The lowest BCUT2D eigenvalue weighted by molar-refractivity contribution is 0.102. The van der Waals surface area contributed by atoms with Gasteiger partial charge in [0, 0.05) is 29.3 Å². The van der Waals surface area contributed by atoms with Crippen LogP contribution >= 0.6 is 0 Å². The van der Waals surface area contributed by atoms with Crippen molar-refractivity contribution < 1.29 is 13.2 Å². The highest BCUT2D eigenvalue weighted by atomic mass is 32.2. The van der Waals surface area contributed by atoms with Gasteiger partial charge in [-0.1, -0.05) is 31.5 Å². The molecular formula is C22H23N3O3S. The van der Waals surface area contributed by atoms with E-state index >= 15 is 0 Å². The van der Waals surface area contributed by atoms with Crippen molar-refractivity contribution >= 4 is 27.3 Å². The molecule has 0 atom stereocenters. The van der Waals surface area contributed by atoms with E-state index in [0.29, 0.717) is 11.4 Å².